The fraction of sp³-hybridized carbons (Fsp3) is 0.0455. The van der Waals surface area contributed by atoms with Crippen LogP contribution in [0, 0.1) is 5.41 Å². The maximum absolute atomic E-state index is 8.02. The van der Waals surface area contributed by atoms with Gasteiger partial charge in [0.05, 0.1) is 5.69 Å². The van der Waals surface area contributed by atoms with Crippen LogP contribution in [0.15, 0.2) is 66.7 Å². The molecule has 1 aliphatic rings. The zero-order valence-electron chi connectivity index (χ0n) is 13.8. The first-order valence-electron chi connectivity index (χ1n) is 8.31. The van der Waals surface area contributed by atoms with Crippen molar-refractivity contribution in [1.29, 1.82) is 5.41 Å². The molecule has 0 bridgehead atoms. The molecular formula is C22H19N3. The van der Waals surface area contributed by atoms with Gasteiger partial charge in [0.1, 0.15) is 0 Å². The molecule has 0 amide bonds. The largest absolute Gasteiger partial charge is 0.370 e. The van der Waals surface area contributed by atoms with E-state index in [1.54, 1.807) is 0 Å². The highest BCUT2D eigenvalue weighted by atomic mass is 15.2. The van der Waals surface area contributed by atoms with Crippen LogP contribution in [0.3, 0.4) is 0 Å². The quantitative estimate of drug-likeness (QED) is 0.421. The number of benzene rings is 3. The van der Waals surface area contributed by atoms with Gasteiger partial charge in [-0.05, 0) is 28.1 Å². The van der Waals surface area contributed by atoms with Crippen LogP contribution >= 0.6 is 0 Å². The number of nitrogens with one attached hydrogen (secondary N) is 1. The van der Waals surface area contributed by atoms with Crippen molar-refractivity contribution in [3.8, 4) is 0 Å². The predicted octanol–water partition coefficient (Wildman–Crippen LogP) is 4.74. The van der Waals surface area contributed by atoms with Crippen molar-refractivity contribution in [2.24, 2.45) is 5.73 Å². The molecule has 1 aliphatic carbocycles. The second-order valence-electron chi connectivity index (χ2n) is 6.09. The summed E-state index contributed by atoms with van der Waals surface area (Å²) in [5.41, 5.74) is 10.4. The van der Waals surface area contributed by atoms with Gasteiger partial charge in [-0.15, -0.1) is 0 Å². The van der Waals surface area contributed by atoms with E-state index in [4.69, 9.17) is 11.1 Å². The van der Waals surface area contributed by atoms with E-state index in [0.717, 1.165) is 16.6 Å². The Morgan fingerprint density at radius 2 is 1.68 bits per heavy atom. The molecule has 0 atom stereocenters. The van der Waals surface area contributed by atoms with E-state index >= 15 is 0 Å². The summed E-state index contributed by atoms with van der Waals surface area (Å²) in [7, 11) is 0. The third kappa shape index (κ3) is 2.81. The first kappa shape index (κ1) is 15.2. The van der Waals surface area contributed by atoms with Gasteiger partial charge in [-0.25, -0.2) is 0 Å². The van der Waals surface area contributed by atoms with E-state index < -0.39 is 0 Å². The van der Waals surface area contributed by atoms with Gasteiger partial charge in [-0.1, -0.05) is 78.9 Å². The van der Waals surface area contributed by atoms with Crippen LogP contribution in [0.1, 0.15) is 16.7 Å². The third-order valence-electron chi connectivity index (χ3n) is 4.50. The van der Waals surface area contributed by atoms with Crippen LogP contribution in [0.4, 0.5) is 5.69 Å². The Kier molecular flexibility index (Phi) is 3.82. The monoisotopic (exact) mass is 325 g/mol. The third-order valence-corrected chi connectivity index (χ3v) is 4.50. The molecule has 0 saturated carbocycles. The summed E-state index contributed by atoms with van der Waals surface area (Å²) in [5.74, 6) is 0.0457. The molecule has 0 saturated heterocycles. The molecule has 3 N–H and O–H groups in total. The molecule has 4 rings (SSSR count). The fourth-order valence-corrected chi connectivity index (χ4v) is 3.33. The van der Waals surface area contributed by atoms with Gasteiger partial charge in [0, 0.05) is 11.9 Å². The molecule has 0 spiro atoms. The molecule has 3 nitrogen and oxygen atoms in total. The Morgan fingerprint density at radius 1 is 0.920 bits per heavy atom. The number of nitrogens with zero attached hydrogens (tertiary/aromatic N) is 1. The standard InChI is InChI=1S/C22H19N3/c23-22(24)25(15-5-8-16-6-2-1-3-7-16)20-14-13-18-12-11-17-9-4-10-19(20)21(17)18/h1-14H,15H2,(H3,23,24). The molecule has 0 aromatic heterocycles. The van der Waals surface area contributed by atoms with Gasteiger partial charge in [0.2, 0.25) is 0 Å². The molecular weight excluding hydrogens is 306 g/mol. The van der Waals surface area contributed by atoms with E-state index in [1.807, 2.05) is 29.2 Å². The first-order valence-corrected chi connectivity index (χ1v) is 8.31. The second-order valence-corrected chi connectivity index (χ2v) is 6.09. The maximum Gasteiger partial charge on any atom is 0.193 e. The van der Waals surface area contributed by atoms with Crippen LogP contribution in [0.25, 0.3) is 29.0 Å². The summed E-state index contributed by atoms with van der Waals surface area (Å²) in [6, 6.07) is 20.6. The molecule has 0 fully saturated rings. The SMILES string of the molecule is N=C(N)N(CC=Cc1ccccc1)c1ccc2c3c(cccc13)C=C2. The average Bonchev–Trinajstić information content (AvgIpc) is 3.05. The first-order chi connectivity index (χ1) is 12.2. The lowest BCUT2D eigenvalue weighted by atomic mass is 10.0. The van der Waals surface area contributed by atoms with E-state index in [-0.39, 0.29) is 5.96 Å². The van der Waals surface area contributed by atoms with Gasteiger partial charge in [-0.3, -0.25) is 5.41 Å². The second kappa shape index (κ2) is 6.29. The molecule has 3 aromatic rings. The van der Waals surface area contributed by atoms with Gasteiger partial charge in [0.15, 0.2) is 5.96 Å². The Morgan fingerprint density at radius 3 is 2.44 bits per heavy atom. The van der Waals surface area contributed by atoms with Crippen LogP contribution in [0.2, 0.25) is 0 Å². The van der Waals surface area contributed by atoms with Gasteiger partial charge < -0.3 is 10.6 Å². The molecule has 3 heteroatoms. The van der Waals surface area contributed by atoms with Crippen molar-refractivity contribution in [1.82, 2.24) is 0 Å². The lowest BCUT2D eigenvalue weighted by Crippen LogP contribution is -2.36. The highest BCUT2D eigenvalue weighted by Crippen LogP contribution is 2.36. The zero-order chi connectivity index (χ0) is 17.2. The Hall–Kier alpha value is -3.33. The molecule has 122 valence electrons. The maximum atomic E-state index is 8.02. The number of hydrogen-bond acceptors (Lipinski definition) is 1. The summed E-state index contributed by atoms with van der Waals surface area (Å²) < 4.78 is 0. The lowest BCUT2D eigenvalue weighted by molar-refractivity contribution is 1.11. The lowest BCUT2D eigenvalue weighted by Gasteiger charge is -2.23. The number of hydrogen-bond donors (Lipinski definition) is 2. The topological polar surface area (TPSA) is 53.1 Å². The summed E-state index contributed by atoms with van der Waals surface area (Å²) >= 11 is 0. The van der Waals surface area contributed by atoms with E-state index in [1.165, 1.54) is 16.5 Å². The van der Waals surface area contributed by atoms with Crippen molar-refractivity contribution in [3.63, 3.8) is 0 Å². The Bertz CT molecular complexity index is 988. The van der Waals surface area contributed by atoms with Crippen molar-refractivity contribution >= 4 is 40.6 Å². The number of guanidine groups is 1. The smallest absolute Gasteiger partial charge is 0.193 e. The van der Waals surface area contributed by atoms with Crippen LogP contribution in [0.5, 0.6) is 0 Å². The molecule has 0 aliphatic heterocycles. The van der Waals surface area contributed by atoms with Gasteiger partial charge in [0.25, 0.3) is 0 Å². The van der Waals surface area contributed by atoms with E-state index in [9.17, 15) is 0 Å². The minimum Gasteiger partial charge on any atom is -0.370 e. The number of rotatable bonds is 4. The van der Waals surface area contributed by atoms with E-state index in [2.05, 4.69) is 60.7 Å². The van der Waals surface area contributed by atoms with Crippen LogP contribution in [-0.4, -0.2) is 12.5 Å². The molecule has 0 radical (unpaired) electrons. The van der Waals surface area contributed by atoms with Crippen LogP contribution < -0.4 is 10.6 Å². The van der Waals surface area contributed by atoms with Crippen molar-refractivity contribution in [2.75, 3.05) is 11.4 Å². The summed E-state index contributed by atoms with van der Waals surface area (Å²) in [6.07, 6.45) is 8.36. The van der Waals surface area contributed by atoms with Gasteiger partial charge in [-0.2, -0.15) is 0 Å². The van der Waals surface area contributed by atoms with Gasteiger partial charge >= 0.3 is 0 Å². The van der Waals surface area contributed by atoms with Crippen molar-refractivity contribution in [3.05, 3.63) is 83.4 Å². The zero-order valence-corrected chi connectivity index (χ0v) is 13.8. The average molecular weight is 325 g/mol. The highest BCUT2D eigenvalue weighted by molar-refractivity contribution is 6.12. The normalized spacial score (nSPS) is 12.2. The Balaban J connectivity index is 1.70. The number of nitrogens with two attached hydrogens (primary N) is 1. The number of anilines is 1. The molecule has 25 heavy (non-hydrogen) atoms. The predicted molar refractivity (Wildman–Crippen MR) is 108 cm³/mol. The summed E-state index contributed by atoms with van der Waals surface area (Å²) in [4.78, 5) is 1.83. The van der Waals surface area contributed by atoms with Crippen molar-refractivity contribution < 1.29 is 0 Å². The summed E-state index contributed by atoms with van der Waals surface area (Å²) in [5, 5.41) is 10.4. The minimum absolute atomic E-state index is 0.0457. The minimum atomic E-state index is 0.0457. The van der Waals surface area contributed by atoms with Crippen LogP contribution in [-0.2, 0) is 0 Å². The van der Waals surface area contributed by atoms with Crippen molar-refractivity contribution in [2.45, 2.75) is 0 Å². The van der Waals surface area contributed by atoms with E-state index in [0.29, 0.717) is 6.54 Å². The fourth-order valence-electron chi connectivity index (χ4n) is 3.33. The Labute approximate surface area is 147 Å². The summed E-state index contributed by atoms with van der Waals surface area (Å²) in [6.45, 7) is 0.552. The molecule has 0 heterocycles. The molecule has 3 aromatic carbocycles. The highest BCUT2D eigenvalue weighted by Gasteiger charge is 2.16. The molecule has 0 unspecified atom stereocenters.